The third-order valence-corrected chi connectivity index (χ3v) is 5.38. The molecule has 1 saturated heterocycles. The van der Waals surface area contributed by atoms with Crippen molar-refractivity contribution in [1.82, 2.24) is 10.6 Å². The molecule has 5 nitrogen and oxygen atoms in total. The van der Waals surface area contributed by atoms with Crippen molar-refractivity contribution in [3.63, 3.8) is 0 Å². The summed E-state index contributed by atoms with van der Waals surface area (Å²) in [5, 5.41) is 7.41. The van der Waals surface area contributed by atoms with E-state index in [-0.39, 0.29) is 0 Å². The largest absolute Gasteiger partial charge is 0.497 e. The number of rotatable bonds is 8. The molecule has 1 aromatic carbocycles. The molecule has 2 N–H and O–H groups in total. The second-order valence-electron chi connectivity index (χ2n) is 5.71. The van der Waals surface area contributed by atoms with Crippen LogP contribution >= 0.6 is 11.8 Å². The summed E-state index contributed by atoms with van der Waals surface area (Å²) in [5.41, 5.74) is 1.13. The maximum Gasteiger partial charge on any atom is 0.191 e. The van der Waals surface area contributed by atoms with Gasteiger partial charge < -0.3 is 20.1 Å². The van der Waals surface area contributed by atoms with Crippen molar-refractivity contribution in [1.29, 1.82) is 0 Å². The molecule has 1 atom stereocenters. The van der Waals surface area contributed by atoms with Gasteiger partial charge in [-0.15, -0.1) is 0 Å². The minimum absolute atomic E-state index is 0.680. The molecule has 6 heteroatoms. The molecule has 0 radical (unpaired) electrons. The van der Waals surface area contributed by atoms with Crippen molar-refractivity contribution < 1.29 is 9.47 Å². The number of guanidine groups is 1. The van der Waals surface area contributed by atoms with Gasteiger partial charge in [0.2, 0.25) is 0 Å². The lowest BCUT2D eigenvalue weighted by atomic mass is 10.1. The normalized spacial score (nSPS) is 17.6. The van der Waals surface area contributed by atoms with E-state index in [0.717, 1.165) is 49.1 Å². The Morgan fingerprint density at radius 3 is 2.83 bits per heavy atom. The lowest BCUT2D eigenvalue weighted by Gasteiger charge is -2.14. The average Bonchev–Trinajstić information content (AvgIpc) is 3.13. The number of thioether (sulfide) groups is 1. The average molecular weight is 352 g/mol. The zero-order valence-corrected chi connectivity index (χ0v) is 15.7. The van der Waals surface area contributed by atoms with E-state index in [2.05, 4.69) is 17.6 Å². The summed E-state index contributed by atoms with van der Waals surface area (Å²) in [4.78, 5) is 4.72. The van der Waals surface area contributed by atoms with Crippen LogP contribution in [-0.4, -0.2) is 50.8 Å². The molecule has 134 valence electrons. The van der Waals surface area contributed by atoms with Gasteiger partial charge in [0.1, 0.15) is 11.5 Å². The first-order valence-electron chi connectivity index (χ1n) is 8.61. The summed E-state index contributed by atoms with van der Waals surface area (Å²) >= 11 is 2.04. The highest BCUT2D eigenvalue weighted by Crippen LogP contribution is 2.26. The Morgan fingerprint density at radius 1 is 1.29 bits per heavy atom. The molecule has 2 rings (SSSR count). The molecule has 0 bridgehead atoms. The highest BCUT2D eigenvalue weighted by atomic mass is 32.2. The van der Waals surface area contributed by atoms with Crippen LogP contribution < -0.4 is 20.1 Å². The number of aliphatic imine (C=N–C) groups is 1. The van der Waals surface area contributed by atoms with E-state index >= 15 is 0 Å². The van der Waals surface area contributed by atoms with Gasteiger partial charge >= 0.3 is 0 Å². The van der Waals surface area contributed by atoms with Gasteiger partial charge in [0, 0.05) is 18.3 Å². The van der Waals surface area contributed by atoms with Gasteiger partial charge in [-0.05, 0) is 55.7 Å². The van der Waals surface area contributed by atoms with E-state index in [4.69, 9.17) is 14.5 Å². The molecule has 1 aromatic rings. The van der Waals surface area contributed by atoms with Gasteiger partial charge in [-0.1, -0.05) is 0 Å². The monoisotopic (exact) mass is 351 g/mol. The second kappa shape index (κ2) is 10.3. The molecule has 0 saturated carbocycles. The second-order valence-corrected chi connectivity index (χ2v) is 7.12. The van der Waals surface area contributed by atoms with E-state index in [1.165, 1.54) is 18.6 Å². The summed E-state index contributed by atoms with van der Waals surface area (Å²) in [7, 11) is 3.38. The van der Waals surface area contributed by atoms with Crippen molar-refractivity contribution in [2.24, 2.45) is 4.99 Å². The van der Waals surface area contributed by atoms with Crippen LogP contribution in [0.25, 0.3) is 0 Å². The van der Waals surface area contributed by atoms with E-state index in [9.17, 15) is 0 Å². The van der Waals surface area contributed by atoms with E-state index in [1.807, 2.05) is 30.0 Å². The molecule has 0 aliphatic carbocycles. The van der Waals surface area contributed by atoms with E-state index < -0.39 is 0 Å². The Bertz CT molecular complexity index is 531. The van der Waals surface area contributed by atoms with Crippen molar-refractivity contribution in [2.45, 2.75) is 31.4 Å². The maximum absolute atomic E-state index is 5.43. The summed E-state index contributed by atoms with van der Waals surface area (Å²) in [6.07, 6.45) is 3.46. The van der Waals surface area contributed by atoms with Gasteiger partial charge in [0.15, 0.2) is 5.96 Å². The van der Waals surface area contributed by atoms with Crippen LogP contribution in [0.1, 0.15) is 25.3 Å². The van der Waals surface area contributed by atoms with Gasteiger partial charge in [0.25, 0.3) is 0 Å². The Hall–Kier alpha value is -1.56. The Morgan fingerprint density at radius 2 is 2.17 bits per heavy atom. The summed E-state index contributed by atoms with van der Waals surface area (Å²) in [6, 6.07) is 5.89. The topological polar surface area (TPSA) is 54.9 Å². The van der Waals surface area contributed by atoms with Crippen LogP contribution in [0.3, 0.4) is 0 Å². The predicted molar refractivity (Wildman–Crippen MR) is 103 cm³/mol. The fourth-order valence-corrected chi connectivity index (χ4v) is 3.90. The smallest absolute Gasteiger partial charge is 0.191 e. The van der Waals surface area contributed by atoms with Crippen molar-refractivity contribution in [2.75, 3.05) is 39.6 Å². The zero-order chi connectivity index (χ0) is 17.2. The third kappa shape index (κ3) is 5.82. The van der Waals surface area contributed by atoms with E-state index in [1.54, 1.807) is 14.2 Å². The van der Waals surface area contributed by atoms with Crippen molar-refractivity contribution in [3.05, 3.63) is 23.8 Å². The number of hydrogen-bond donors (Lipinski definition) is 2. The number of benzene rings is 1. The van der Waals surface area contributed by atoms with Gasteiger partial charge in [-0.25, -0.2) is 0 Å². The zero-order valence-electron chi connectivity index (χ0n) is 14.9. The van der Waals surface area contributed by atoms with Crippen LogP contribution in [-0.2, 0) is 6.42 Å². The Kier molecular flexibility index (Phi) is 8.08. The highest BCUT2D eigenvalue weighted by Gasteiger charge is 2.15. The quantitative estimate of drug-likeness (QED) is 0.557. The van der Waals surface area contributed by atoms with Gasteiger partial charge in [-0.2, -0.15) is 11.8 Å². The summed E-state index contributed by atoms with van der Waals surface area (Å²) in [5.74, 6) is 3.91. The number of hydrogen-bond acceptors (Lipinski definition) is 4. The minimum Gasteiger partial charge on any atom is -0.497 e. The first kappa shape index (κ1) is 18.8. The molecule has 1 fully saturated rings. The predicted octanol–water partition coefficient (Wildman–Crippen LogP) is 2.70. The first-order chi connectivity index (χ1) is 11.8. The van der Waals surface area contributed by atoms with Crippen molar-refractivity contribution >= 4 is 17.7 Å². The van der Waals surface area contributed by atoms with Gasteiger partial charge in [-0.3, -0.25) is 4.99 Å². The number of nitrogens with zero attached hydrogens (tertiary/aromatic N) is 1. The van der Waals surface area contributed by atoms with Crippen LogP contribution in [0.5, 0.6) is 11.5 Å². The number of methoxy groups -OCH3 is 2. The molecule has 1 heterocycles. The SMILES string of the molecule is CCNC(=NCC1CCCS1)NCCc1cc(OC)ccc1OC. The standard InChI is InChI=1S/C18H29N3O2S/c1-4-19-18(21-13-16-6-5-11-24-16)20-10-9-14-12-15(22-2)7-8-17(14)23-3/h7-8,12,16H,4-6,9-11,13H2,1-3H3,(H2,19,20,21). The third-order valence-electron chi connectivity index (χ3n) is 4.00. The molecular weight excluding hydrogens is 322 g/mol. The van der Waals surface area contributed by atoms with Crippen LogP contribution in [0, 0.1) is 0 Å². The summed E-state index contributed by atoms with van der Waals surface area (Å²) in [6.45, 7) is 4.65. The lowest BCUT2D eigenvalue weighted by molar-refractivity contribution is 0.398. The Labute approximate surface area is 149 Å². The molecule has 0 spiro atoms. The molecule has 24 heavy (non-hydrogen) atoms. The maximum atomic E-state index is 5.43. The number of ether oxygens (including phenoxy) is 2. The van der Waals surface area contributed by atoms with E-state index in [0.29, 0.717) is 5.25 Å². The first-order valence-corrected chi connectivity index (χ1v) is 9.66. The van der Waals surface area contributed by atoms with Gasteiger partial charge in [0.05, 0.1) is 20.8 Å². The van der Waals surface area contributed by atoms with Crippen LogP contribution in [0.15, 0.2) is 23.2 Å². The highest BCUT2D eigenvalue weighted by molar-refractivity contribution is 8.00. The molecule has 1 aliphatic rings. The number of nitrogens with one attached hydrogen (secondary N) is 2. The fraction of sp³-hybridized carbons (Fsp3) is 0.611. The Balaban J connectivity index is 1.88. The molecule has 1 aliphatic heterocycles. The van der Waals surface area contributed by atoms with Crippen LogP contribution in [0.4, 0.5) is 0 Å². The van der Waals surface area contributed by atoms with Crippen molar-refractivity contribution in [3.8, 4) is 11.5 Å². The summed E-state index contributed by atoms with van der Waals surface area (Å²) < 4.78 is 10.7. The van der Waals surface area contributed by atoms with Crippen LogP contribution in [0.2, 0.25) is 0 Å². The lowest BCUT2D eigenvalue weighted by Crippen LogP contribution is -2.38. The minimum atomic E-state index is 0.680. The molecule has 0 aromatic heterocycles. The molecular formula is C18H29N3O2S. The fourth-order valence-electron chi connectivity index (χ4n) is 2.72. The molecule has 1 unspecified atom stereocenters. The molecule has 0 amide bonds.